The summed E-state index contributed by atoms with van der Waals surface area (Å²) in [4.78, 5) is 17.0. The number of nitrogens with zero attached hydrogens (tertiary/aromatic N) is 3. The normalized spacial score (nSPS) is 20.1. The van der Waals surface area contributed by atoms with Crippen LogP contribution in [0.25, 0.3) is 0 Å². The highest BCUT2D eigenvalue weighted by Crippen LogP contribution is 2.31. The fourth-order valence-electron chi connectivity index (χ4n) is 4.50. The summed E-state index contributed by atoms with van der Waals surface area (Å²) >= 11 is 0. The van der Waals surface area contributed by atoms with Crippen LogP contribution in [0.5, 0.6) is 11.5 Å². The van der Waals surface area contributed by atoms with Crippen LogP contribution in [-0.2, 0) is 14.8 Å². The first-order valence-electron chi connectivity index (χ1n) is 11.8. The Bertz CT molecular complexity index is 889. The maximum absolute atomic E-state index is 13.6. The minimum absolute atomic E-state index is 0.00430. The molecule has 9 nitrogen and oxygen atoms in total. The number of sulfonamides is 1. The van der Waals surface area contributed by atoms with E-state index in [1.54, 1.807) is 6.07 Å². The maximum atomic E-state index is 13.6. The summed E-state index contributed by atoms with van der Waals surface area (Å²) in [5, 5.41) is 3.23. The molecule has 1 atom stereocenters. The molecule has 0 spiro atoms. The van der Waals surface area contributed by atoms with Crippen molar-refractivity contribution in [2.75, 3.05) is 66.6 Å². The Labute approximate surface area is 198 Å². The molecule has 1 unspecified atom stereocenters. The van der Waals surface area contributed by atoms with Gasteiger partial charge in [-0.2, -0.15) is 4.31 Å². The Morgan fingerprint density at radius 2 is 1.82 bits per heavy atom. The molecule has 10 heteroatoms. The predicted octanol–water partition coefficient (Wildman–Crippen LogP) is 1.39. The van der Waals surface area contributed by atoms with Crippen LogP contribution in [0, 0.1) is 0 Å². The molecule has 0 saturated carbocycles. The molecule has 1 N–H and O–H groups in total. The SMILES string of the molecule is COc1ccc(S(=O)(=O)N(CCC(=O)N2CCNCC2)CCN2CCCCC2C)cc1OC. The number of hydrogen-bond acceptors (Lipinski definition) is 7. The Kier molecular flexibility index (Phi) is 9.37. The Morgan fingerprint density at radius 3 is 2.48 bits per heavy atom. The average Bonchev–Trinajstić information content (AvgIpc) is 2.84. The lowest BCUT2D eigenvalue weighted by atomic mass is 10.0. The fourth-order valence-corrected chi connectivity index (χ4v) is 5.95. The number of nitrogens with one attached hydrogen (secondary N) is 1. The van der Waals surface area contributed by atoms with Crippen molar-refractivity contribution in [3.05, 3.63) is 18.2 Å². The van der Waals surface area contributed by atoms with Crippen molar-refractivity contribution in [2.24, 2.45) is 0 Å². The molecule has 2 saturated heterocycles. The number of hydrogen-bond donors (Lipinski definition) is 1. The van der Waals surface area contributed by atoms with E-state index in [2.05, 4.69) is 17.1 Å². The summed E-state index contributed by atoms with van der Waals surface area (Å²) in [5.74, 6) is 0.828. The van der Waals surface area contributed by atoms with Gasteiger partial charge in [0.2, 0.25) is 15.9 Å². The van der Waals surface area contributed by atoms with Crippen molar-refractivity contribution in [3.63, 3.8) is 0 Å². The van der Waals surface area contributed by atoms with Gasteiger partial charge < -0.3 is 19.7 Å². The van der Waals surface area contributed by atoms with E-state index in [0.717, 1.165) is 32.5 Å². The quantitative estimate of drug-likeness (QED) is 0.539. The standard InChI is InChI=1S/C23H38N4O5S/c1-19-6-4-5-12-25(19)16-17-27(13-9-23(28)26-14-10-24-11-15-26)33(29,30)20-7-8-21(31-2)22(18-20)32-3/h7-8,18-19,24H,4-6,9-17H2,1-3H3. The highest BCUT2D eigenvalue weighted by molar-refractivity contribution is 7.89. The predicted molar refractivity (Wildman–Crippen MR) is 127 cm³/mol. The van der Waals surface area contributed by atoms with Gasteiger partial charge in [-0.05, 0) is 38.4 Å². The molecule has 0 bridgehead atoms. The Balaban J connectivity index is 1.77. The number of piperidine rings is 1. The first kappa shape index (κ1) is 25.7. The molecule has 1 amide bonds. The fraction of sp³-hybridized carbons (Fsp3) is 0.696. The molecule has 1 aromatic carbocycles. The summed E-state index contributed by atoms with van der Waals surface area (Å²) in [5.41, 5.74) is 0. The van der Waals surface area contributed by atoms with Crippen LogP contribution in [0.1, 0.15) is 32.6 Å². The number of piperazine rings is 1. The Hall–Kier alpha value is -1.88. The van der Waals surface area contributed by atoms with Gasteiger partial charge >= 0.3 is 0 Å². The number of benzene rings is 1. The number of carbonyl (C=O) groups excluding carboxylic acids is 1. The monoisotopic (exact) mass is 482 g/mol. The van der Waals surface area contributed by atoms with E-state index in [1.165, 1.54) is 37.1 Å². The smallest absolute Gasteiger partial charge is 0.243 e. The average molecular weight is 483 g/mol. The zero-order valence-electron chi connectivity index (χ0n) is 20.1. The van der Waals surface area contributed by atoms with E-state index in [4.69, 9.17) is 9.47 Å². The molecule has 3 rings (SSSR count). The van der Waals surface area contributed by atoms with Crippen molar-refractivity contribution < 1.29 is 22.7 Å². The van der Waals surface area contributed by atoms with Gasteiger partial charge in [0.05, 0.1) is 19.1 Å². The lowest BCUT2D eigenvalue weighted by Gasteiger charge is -2.35. The van der Waals surface area contributed by atoms with Gasteiger partial charge in [0.15, 0.2) is 11.5 Å². The van der Waals surface area contributed by atoms with Crippen molar-refractivity contribution in [3.8, 4) is 11.5 Å². The van der Waals surface area contributed by atoms with Crippen LogP contribution in [-0.4, -0.2) is 101 Å². The van der Waals surface area contributed by atoms with Crippen molar-refractivity contribution in [2.45, 2.75) is 43.5 Å². The summed E-state index contributed by atoms with van der Waals surface area (Å²) in [6.07, 6.45) is 3.64. The molecule has 2 fully saturated rings. The molecular weight excluding hydrogens is 444 g/mol. The van der Waals surface area contributed by atoms with Gasteiger partial charge in [0.25, 0.3) is 0 Å². The van der Waals surface area contributed by atoms with E-state index in [1.807, 2.05) is 4.90 Å². The number of likely N-dealkylation sites (tertiary alicyclic amines) is 1. The second kappa shape index (κ2) is 12.0. The summed E-state index contributed by atoms with van der Waals surface area (Å²) in [6, 6.07) is 5.06. The molecule has 0 aliphatic carbocycles. The molecule has 2 aliphatic heterocycles. The number of ether oxygens (including phenoxy) is 2. The number of rotatable bonds is 10. The molecule has 186 valence electrons. The van der Waals surface area contributed by atoms with Gasteiger partial charge in [-0.1, -0.05) is 6.42 Å². The van der Waals surface area contributed by atoms with Gasteiger partial charge in [0, 0.05) is 64.3 Å². The van der Waals surface area contributed by atoms with Crippen molar-refractivity contribution >= 4 is 15.9 Å². The summed E-state index contributed by atoms with van der Waals surface area (Å²) in [7, 11) is -0.820. The van der Waals surface area contributed by atoms with Gasteiger partial charge in [-0.15, -0.1) is 0 Å². The van der Waals surface area contributed by atoms with Crippen LogP contribution < -0.4 is 14.8 Å². The van der Waals surface area contributed by atoms with E-state index in [0.29, 0.717) is 43.7 Å². The minimum atomic E-state index is -3.82. The molecule has 1 aromatic rings. The van der Waals surface area contributed by atoms with E-state index in [-0.39, 0.29) is 23.8 Å². The molecule has 0 aromatic heterocycles. The third kappa shape index (κ3) is 6.59. The highest BCUT2D eigenvalue weighted by Gasteiger charge is 2.29. The van der Waals surface area contributed by atoms with Crippen LogP contribution in [0.2, 0.25) is 0 Å². The van der Waals surface area contributed by atoms with Gasteiger partial charge in [-0.25, -0.2) is 8.42 Å². The molecule has 0 radical (unpaired) electrons. The van der Waals surface area contributed by atoms with E-state index >= 15 is 0 Å². The third-order valence-corrected chi connectivity index (χ3v) is 8.51. The second-order valence-corrected chi connectivity index (χ2v) is 10.6. The van der Waals surface area contributed by atoms with Crippen LogP contribution in [0.3, 0.4) is 0 Å². The van der Waals surface area contributed by atoms with Gasteiger partial charge in [0.1, 0.15) is 0 Å². The van der Waals surface area contributed by atoms with Crippen molar-refractivity contribution in [1.29, 1.82) is 0 Å². The zero-order chi connectivity index (χ0) is 23.8. The zero-order valence-corrected chi connectivity index (χ0v) is 20.9. The first-order valence-corrected chi connectivity index (χ1v) is 13.3. The molecule has 2 heterocycles. The maximum Gasteiger partial charge on any atom is 0.243 e. The summed E-state index contributed by atoms with van der Waals surface area (Å²) in [6.45, 7) is 7.18. The van der Waals surface area contributed by atoms with E-state index < -0.39 is 10.0 Å². The summed E-state index contributed by atoms with van der Waals surface area (Å²) < 4.78 is 39.3. The lowest BCUT2D eigenvalue weighted by molar-refractivity contribution is -0.131. The third-order valence-electron chi connectivity index (χ3n) is 6.61. The molecule has 2 aliphatic rings. The topological polar surface area (TPSA) is 91.4 Å². The number of amides is 1. The highest BCUT2D eigenvalue weighted by atomic mass is 32.2. The first-order chi connectivity index (χ1) is 15.9. The second-order valence-electron chi connectivity index (χ2n) is 8.68. The lowest BCUT2D eigenvalue weighted by Crippen LogP contribution is -2.48. The van der Waals surface area contributed by atoms with Crippen LogP contribution in [0.15, 0.2) is 23.1 Å². The largest absolute Gasteiger partial charge is 0.493 e. The minimum Gasteiger partial charge on any atom is -0.493 e. The van der Waals surface area contributed by atoms with Gasteiger partial charge in [-0.3, -0.25) is 9.69 Å². The molecular formula is C23H38N4O5S. The number of carbonyl (C=O) groups is 1. The van der Waals surface area contributed by atoms with Crippen molar-refractivity contribution in [1.82, 2.24) is 19.4 Å². The van der Waals surface area contributed by atoms with Crippen LogP contribution in [0.4, 0.5) is 0 Å². The van der Waals surface area contributed by atoms with Crippen LogP contribution >= 0.6 is 0 Å². The Morgan fingerprint density at radius 1 is 1.09 bits per heavy atom. The number of methoxy groups -OCH3 is 2. The van der Waals surface area contributed by atoms with E-state index in [9.17, 15) is 13.2 Å². The molecule has 33 heavy (non-hydrogen) atoms.